The summed E-state index contributed by atoms with van der Waals surface area (Å²) in [5.41, 5.74) is 0. The Morgan fingerprint density at radius 1 is 1.36 bits per heavy atom. The van der Waals surface area contributed by atoms with Crippen molar-refractivity contribution in [2.24, 2.45) is 10.9 Å². The molecule has 1 aliphatic heterocycles. The Labute approximate surface area is 158 Å². The van der Waals surface area contributed by atoms with E-state index in [0.29, 0.717) is 0 Å². The van der Waals surface area contributed by atoms with Gasteiger partial charge in [-0.3, -0.25) is 9.89 Å². The number of thiazole rings is 1. The number of aryl methyl sites for hydroxylation is 1. The van der Waals surface area contributed by atoms with E-state index in [0.717, 1.165) is 36.5 Å². The maximum Gasteiger partial charge on any atom is 0.191 e. The van der Waals surface area contributed by atoms with Gasteiger partial charge in [-0.2, -0.15) is 0 Å². The van der Waals surface area contributed by atoms with Crippen LogP contribution in [0.2, 0.25) is 0 Å². The highest BCUT2D eigenvalue weighted by Gasteiger charge is 2.19. The lowest BCUT2D eigenvalue weighted by atomic mass is 9.97. The average molecular weight is 378 g/mol. The maximum absolute atomic E-state index is 4.38. The molecule has 5 nitrogen and oxygen atoms in total. The van der Waals surface area contributed by atoms with E-state index in [1.165, 1.54) is 35.7 Å². The Bertz CT molecular complexity index is 657. The third kappa shape index (κ3) is 5.80. The lowest BCUT2D eigenvalue weighted by Crippen LogP contribution is -2.42. The molecule has 0 spiro atoms. The average Bonchev–Trinajstić information content (AvgIpc) is 3.28. The summed E-state index contributed by atoms with van der Waals surface area (Å²) in [6.07, 6.45) is 4.42. The zero-order valence-corrected chi connectivity index (χ0v) is 16.6. The lowest BCUT2D eigenvalue weighted by Gasteiger charge is -2.32. The van der Waals surface area contributed by atoms with E-state index in [1.54, 1.807) is 11.3 Å². The first-order valence-corrected chi connectivity index (χ1v) is 10.5. The van der Waals surface area contributed by atoms with Crippen LogP contribution in [0.3, 0.4) is 0 Å². The smallest absolute Gasteiger partial charge is 0.191 e. The van der Waals surface area contributed by atoms with Crippen molar-refractivity contribution in [2.45, 2.75) is 32.9 Å². The number of likely N-dealkylation sites (tertiary alicyclic amines) is 1. The van der Waals surface area contributed by atoms with Crippen LogP contribution in [0.5, 0.6) is 0 Å². The number of piperidine rings is 1. The van der Waals surface area contributed by atoms with Gasteiger partial charge in [0.1, 0.15) is 5.01 Å². The molecule has 2 N–H and O–H groups in total. The number of thiophene rings is 1. The first-order chi connectivity index (χ1) is 12.2. The van der Waals surface area contributed by atoms with Crippen molar-refractivity contribution in [2.75, 3.05) is 26.7 Å². The van der Waals surface area contributed by atoms with Crippen LogP contribution < -0.4 is 10.6 Å². The second kappa shape index (κ2) is 9.31. The highest BCUT2D eigenvalue weighted by molar-refractivity contribution is 7.11. The van der Waals surface area contributed by atoms with Gasteiger partial charge in [0, 0.05) is 36.1 Å². The molecule has 0 aromatic carbocycles. The lowest BCUT2D eigenvalue weighted by molar-refractivity contribution is 0.179. The molecule has 0 amide bonds. The molecule has 1 aliphatic rings. The molecule has 1 saturated heterocycles. The van der Waals surface area contributed by atoms with Crippen molar-refractivity contribution >= 4 is 28.6 Å². The fraction of sp³-hybridized carbons (Fsp3) is 0.556. The van der Waals surface area contributed by atoms with Crippen LogP contribution >= 0.6 is 22.7 Å². The minimum absolute atomic E-state index is 0.722. The van der Waals surface area contributed by atoms with Crippen molar-refractivity contribution in [1.29, 1.82) is 0 Å². The molecular formula is C18H27N5S2. The van der Waals surface area contributed by atoms with E-state index in [9.17, 15) is 0 Å². The van der Waals surface area contributed by atoms with Gasteiger partial charge >= 0.3 is 0 Å². The molecule has 2 aromatic heterocycles. The van der Waals surface area contributed by atoms with Crippen LogP contribution in [-0.4, -0.2) is 42.5 Å². The van der Waals surface area contributed by atoms with Gasteiger partial charge < -0.3 is 10.6 Å². The molecule has 2 aromatic rings. The largest absolute Gasteiger partial charge is 0.356 e. The Hall–Kier alpha value is -1.44. The first kappa shape index (κ1) is 18.4. The van der Waals surface area contributed by atoms with Gasteiger partial charge in [-0.15, -0.1) is 22.7 Å². The molecule has 3 heterocycles. The van der Waals surface area contributed by atoms with E-state index >= 15 is 0 Å². The second-order valence-corrected chi connectivity index (χ2v) is 8.82. The molecule has 25 heavy (non-hydrogen) atoms. The molecule has 7 heteroatoms. The summed E-state index contributed by atoms with van der Waals surface area (Å²) >= 11 is 3.58. The van der Waals surface area contributed by atoms with Gasteiger partial charge in [0.15, 0.2) is 5.96 Å². The van der Waals surface area contributed by atoms with Crippen LogP contribution in [0, 0.1) is 12.8 Å². The Kier molecular flexibility index (Phi) is 6.84. The normalized spacial score (nSPS) is 17.0. The molecule has 136 valence electrons. The summed E-state index contributed by atoms with van der Waals surface area (Å²) in [6, 6.07) is 4.38. The topological polar surface area (TPSA) is 52.6 Å². The van der Waals surface area contributed by atoms with E-state index in [2.05, 4.69) is 49.9 Å². The number of aliphatic imine (C=N–C) groups is 1. The highest BCUT2D eigenvalue weighted by atomic mass is 32.1. The van der Waals surface area contributed by atoms with Gasteiger partial charge in [0.2, 0.25) is 0 Å². The summed E-state index contributed by atoms with van der Waals surface area (Å²) in [5.74, 6) is 1.59. The maximum atomic E-state index is 4.38. The molecular weight excluding hydrogens is 350 g/mol. The Morgan fingerprint density at radius 3 is 2.84 bits per heavy atom. The van der Waals surface area contributed by atoms with Crippen LogP contribution in [0.25, 0.3) is 0 Å². The van der Waals surface area contributed by atoms with Gasteiger partial charge in [-0.25, -0.2) is 4.98 Å². The van der Waals surface area contributed by atoms with Crippen LogP contribution in [0.15, 0.2) is 28.7 Å². The first-order valence-electron chi connectivity index (χ1n) is 8.83. The molecule has 3 rings (SSSR count). The quantitative estimate of drug-likeness (QED) is 0.600. The number of aromatic nitrogens is 1. The summed E-state index contributed by atoms with van der Waals surface area (Å²) in [4.78, 5) is 14.0. The minimum atomic E-state index is 0.722. The molecule has 0 bridgehead atoms. The monoisotopic (exact) mass is 377 g/mol. The standard InChI is InChI=1S/C18H27N5S2/c1-14-10-20-17(25-14)12-22-18(19-2)21-11-15-5-7-23(8-6-15)13-16-4-3-9-24-16/h3-4,9-10,15H,5-8,11-13H2,1-2H3,(H2,19,21,22). The van der Waals surface area contributed by atoms with Crippen molar-refractivity contribution in [1.82, 2.24) is 20.5 Å². The van der Waals surface area contributed by atoms with Crippen LogP contribution in [0.4, 0.5) is 0 Å². The molecule has 0 atom stereocenters. The number of hydrogen-bond donors (Lipinski definition) is 2. The van der Waals surface area contributed by atoms with E-state index in [-0.39, 0.29) is 0 Å². The predicted molar refractivity (Wildman–Crippen MR) is 107 cm³/mol. The van der Waals surface area contributed by atoms with Gasteiger partial charge in [-0.05, 0) is 50.2 Å². The Balaban J connectivity index is 1.35. The molecule has 0 unspecified atom stereocenters. The second-order valence-electron chi connectivity index (χ2n) is 6.47. The molecule has 0 radical (unpaired) electrons. The molecule has 1 fully saturated rings. The van der Waals surface area contributed by atoms with Gasteiger partial charge in [0.25, 0.3) is 0 Å². The Morgan fingerprint density at radius 2 is 2.20 bits per heavy atom. The van der Waals surface area contributed by atoms with Crippen molar-refractivity contribution in [3.8, 4) is 0 Å². The van der Waals surface area contributed by atoms with Crippen molar-refractivity contribution in [3.05, 3.63) is 38.5 Å². The van der Waals surface area contributed by atoms with E-state index in [1.807, 2.05) is 24.6 Å². The number of nitrogens with one attached hydrogen (secondary N) is 2. The van der Waals surface area contributed by atoms with Gasteiger partial charge in [-0.1, -0.05) is 6.07 Å². The third-order valence-corrected chi connectivity index (χ3v) is 6.30. The number of rotatable bonds is 6. The third-order valence-electron chi connectivity index (χ3n) is 4.52. The van der Waals surface area contributed by atoms with Crippen molar-refractivity contribution in [3.63, 3.8) is 0 Å². The summed E-state index contributed by atoms with van der Waals surface area (Å²) in [7, 11) is 1.83. The van der Waals surface area contributed by atoms with Crippen LogP contribution in [0.1, 0.15) is 27.6 Å². The summed E-state index contributed by atoms with van der Waals surface area (Å²) < 4.78 is 0. The SMILES string of the molecule is CN=C(NCc1ncc(C)s1)NCC1CCN(Cc2cccs2)CC1. The minimum Gasteiger partial charge on any atom is -0.356 e. The molecule has 0 aliphatic carbocycles. The zero-order chi connectivity index (χ0) is 17.5. The number of guanidine groups is 1. The van der Waals surface area contributed by atoms with Gasteiger partial charge in [0.05, 0.1) is 6.54 Å². The van der Waals surface area contributed by atoms with E-state index in [4.69, 9.17) is 0 Å². The number of nitrogens with zero attached hydrogens (tertiary/aromatic N) is 3. The van der Waals surface area contributed by atoms with Crippen LogP contribution in [-0.2, 0) is 13.1 Å². The number of hydrogen-bond acceptors (Lipinski definition) is 5. The summed E-state index contributed by atoms with van der Waals surface area (Å²) in [5, 5.41) is 10.1. The zero-order valence-electron chi connectivity index (χ0n) is 15.0. The fourth-order valence-corrected chi connectivity index (χ4v) is 4.55. The van der Waals surface area contributed by atoms with E-state index < -0.39 is 0 Å². The fourth-order valence-electron chi connectivity index (χ4n) is 3.08. The van der Waals surface area contributed by atoms with Crippen molar-refractivity contribution < 1.29 is 0 Å². The highest BCUT2D eigenvalue weighted by Crippen LogP contribution is 2.20. The molecule has 0 saturated carbocycles. The predicted octanol–water partition coefficient (Wildman–Crippen LogP) is 3.09. The summed E-state index contributed by atoms with van der Waals surface area (Å²) in [6.45, 7) is 7.29.